The maximum Gasteiger partial charge on any atom is 0.232 e. The van der Waals surface area contributed by atoms with Crippen molar-refractivity contribution in [2.24, 2.45) is 0 Å². The summed E-state index contributed by atoms with van der Waals surface area (Å²) in [5, 5.41) is 3.54. The van der Waals surface area contributed by atoms with E-state index in [2.05, 4.69) is 5.32 Å². The van der Waals surface area contributed by atoms with Crippen LogP contribution in [-0.4, -0.2) is 27.1 Å². The highest BCUT2D eigenvalue weighted by atomic mass is 35.5. The number of nitrogens with one attached hydrogen (secondary N) is 1. The molecule has 0 saturated heterocycles. The number of rotatable bonds is 9. The molecule has 2 aromatic rings. The first-order valence-corrected chi connectivity index (χ1v) is 11.5. The molecule has 0 aliphatic carbocycles. The summed E-state index contributed by atoms with van der Waals surface area (Å²) in [5.74, 6) is -0.0908. The summed E-state index contributed by atoms with van der Waals surface area (Å²) in [6.07, 6.45) is 2.61. The van der Waals surface area contributed by atoms with Gasteiger partial charge in [0.15, 0.2) is 0 Å². The molecule has 5 nitrogen and oxygen atoms in total. The quantitative estimate of drug-likeness (QED) is 0.648. The second kappa shape index (κ2) is 9.94. The molecule has 7 heteroatoms. The Morgan fingerprint density at radius 3 is 2.43 bits per heavy atom. The largest absolute Gasteiger partial charge is 0.349 e. The molecular weight excluding hydrogens is 396 g/mol. The maximum absolute atomic E-state index is 12.4. The van der Waals surface area contributed by atoms with Crippen LogP contribution >= 0.6 is 11.6 Å². The van der Waals surface area contributed by atoms with Crippen molar-refractivity contribution in [3.63, 3.8) is 0 Å². The van der Waals surface area contributed by atoms with Gasteiger partial charge in [0.1, 0.15) is 0 Å². The van der Waals surface area contributed by atoms with Gasteiger partial charge in [-0.1, -0.05) is 54.9 Å². The first kappa shape index (κ1) is 22.2. The van der Waals surface area contributed by atoms with Crippen molar-refractivity contribution in [1.82, 2.24) is 5.32 Å². The highest BCUT2D eigenvalue weighted by molar-refractivity contribution is 7.92. The van der Waals surface area contributed by atoms with Gasteiger partial charge in [0, 0.05) is 18.0 Å². The second-order valence-electron chi connectivity index (χ2n) is 6.76. The first-order chi connectivity index (χ1) is 13.2. The van der Waals surface area contributed by atoms with E-state index in [1.807, 2.05) is 37.3 Å². The lowest BCUT2D eigenvalue weighted by molar-refractivity contribution is -0.121. The minimum atomic E-state index is -3.48. The summed E-state index contributed by atoms with van der Waals surface area (Å²) < 4.78 is 25.8. The summed E-state index contributed by atoms with van der Waals surface area (Å²) in [4.78, 5) is 12.4. The minimum Gasteiger partial charge on any atom is -0.349 e. The summed E-state index contributed by atoms with van der Waals surface area (Å²) in [7, 11) is -3.48. The van der Waals surface area contributed by atoms with Crippen LogP contribution in [0.25, 0.3) is 0 Å². The third kappa shape index (κ3) is 5.97. The topological polar surface area (TPSA) is 66.5 Å². The summed E-state index contributed by atoms with van der Waals surface area (Å²) >= 11 is 6.14. The molecule has 1 atom stereocenters. The lowest BCUT2D eigenvalue weighted by atomic mass is 10.0. The molecule has 1 N–H and O–H groups in total. The monoisotopic (exact) mass is 422 g/mol. The third-order valence-corrected chi connectivity index (χ3v) is 6.21. The second-order valence-corrected chi connectivity index (χ2v) is 9.08. The fraction of sp³-hybridized carbons (Fsp3) is 0.381. The number of amides is 1. The molecule has 0 heterocycles. The van der Waals surface area contributed by atoms with Crippen LogP contribution in [0.1, 0.15) is 43.4 Å². The van der Waals surface area contributed by atoms with Gasteiger partial charge in [-0.3, -0.25) is 9.10 Å². The van der Waals surface area contributed by atoms with Crippen molar-refractivity contribution < 1.29 is 13.2 Å². The van der Waals surface area contributed by atoms with E-state index >= 15 is 0 Å². The van der Waals surface area contributed by atoms with Crippen molar-refractivity contribution in [2.75, 3.05) is 17.1 Å². The molecule has 0 radical (unpaired) electrons. The molecule has 2 aromatic carbocycles. The molecule has 0 fully saturated rings. The van der Waals surface area contributed by atoms with Crippen molar-refractivity contribution in [1.29, 1.82) is 0 Å². The van der Waals surface area contributed by atoms with Gasteiger partial charge in [-0.15, -0.1) is 0 Å². The Balaban J connectivity index is 2.00. The van der Waals surface area contributed by atoms with Crippen LogP contribution in [0.5, 0.6) is 0 Å². The average molecular weight is 423 g/mol. The van der Waals surface area contributed by atoms with Crippen LogP contribution in [0, 0.1) is 6.92 Å². The van der Waals surface area contributed by atoms with E-state index in [0.29, 0.717) is 22.7 Å². The van der Waals surface area contributed by atoms with E-state index in [-0.39, 0.29) is 24.9 Å². The number of sulfonamides is 1. The third-order valence-electron chi connectivity index (χ3n) is 4.62. The van der Waals surface area contributed by atoms with Gasteiger partial charge in [0.2, 0.25) is 15.9 Å². The van der Waals surface area contributed by atoms with Gasteiger partial charge < -0.3 is 5.32 Å². The molecule has 0 aliphatic rings. The van der Waals surface area contributed by atoms with E-state index in [9.17, 15) is 13.2 Å². The smallest absolute Gasteiger partial charge is 0.232 e. The van der Waals surface area contributed by atoms with Gasteiger partial charge in [0.25, 0.3) is 0 Å². The predicted octanol–water partition coefficient (Wildman–Crippen LogP) is 4.46. The molecule has 0 bridgehead atoms. The molecular formula is C21H27ClN2O3S. The van der Waals surface area contributed by atoms with Crippen molar-refractivity contribution in [2.45, 2.75) is 39.2 Å². The standard InChI is InChI=1S/C21H27ClN2O3S/c1-4-19(17-10-6-5-7-11-17)23-21(25)14-9-15-24(28(3,26)27)20-13-8-12-18(22)16(20)2/h5-8,10-13,19H,4,9,14-15H2,1-3H3,(H,23,25). The van der Waals surface area contributed by atoms with Crippen molar-refractivity contribution >= 4 is 33.2 Å². The fourth-order valence-corrected chi connectivity index (χ4v) is 4.27. The fourth-order valence-electron chi connectivity index (χ4n) is 3.09. The first-order valence-electron chi connectivity index (χ1n) is 9.31. The Hall–Kier alpha value is -2.05. The van der Waals surface area contributed by atoms with Gasteiger partial charge in [-0.25, -0.2) is 8.42 Å². The number of halogens is 1. The zero-order chi connectivity index (χ0) is 20.7. The van der Waals surface area contributed by atoms with Crippen LogP contribution in [-0.2, 0) is 14.8 Å². The Morgan fingerprint density at radius 1 is 1.14 bits per heavy atom. The van der Waals surface area contributed by atoms with Crippen LogP contribution < -0.4 is 9.62 Å². The molecule has 2 rings (SSSR count). The van der Waals surface area contributed by atoms with E-state index in [4.69, 9.17) is 11.6 Å². The van der Waals surface area contributed by atoms with Gasteiger partial charge in [0.05, 0.1) is 18.0 Å². The molecule has 0 aromatic heterocycles. The van der Waals surface area contributed by atoms with Gasteiger partial charge in [-0.05, 0) is 43.0 Å². The number of carbonyl (C=O) groups excluding carboxylic acids is 1. The van der Waals surface area contributed by atoms with E-state index in [0.717, 1.165) is 18.2 Å². The number of benzene rings is 2. The maximum atomic E-state index is 12.4. The normalized spacial score (nSPS) is 12.4. The lowest BCUT2D eigenvalue weighted by Gasteiger charge is -2.24. The molecule has 152 valence electrons. The molecule has 1 unspecified atom stereocenters. The van der Waals surface area contributed by atoms with Crippen LogP contribution in [0.4, 0.5) is 5.69 Å². The Labute approximate surface area is 172 Å². The summed E-state index contributed by atoms with van der Waals surface area (Å²) in [5.41, 5.74) is 2.31. The minimum absolute atomic E-state index is 0.0464. The van der Waals surface area contributed by atoms with Crippen molar-refractivity contribution in [3.05, 3.63) is 64.7 Å². The predicted molar refractivity (Wildman–Crippen MR) is 115 cm³/mol. The zero-order valence-electron chi connectivity index (χ0n) is 16.5. The van der Waals surface area contributed by atoms with Crippen LogP contribution in [0.3, 0.4) is 0 Å². The Bertz CT molecular complexity index is 901. The highest BCUT2D eigenvalue weighted by Gasteiger charge is 2.20. The van der Waals surface area contributed by atoms with Gasteiger partial charge >= 0.3 is 0 Å². The Kier molecular flexibility index (Phi) is 7.89. The summed E-state index contributed by atoms with van der Waals surface area (Å²) in [6.45, 7) is 4.02. The lowest BCUT2D eigenvalue weighted by Crippen LogP contribution is -2.33. The Morgan fingerprint density at radius 2 is 1.82 bits per heavy atom. The number of nitrogens with zero attached hydrogens (tertiary/aromatic N) is 1. The van der Waals surface area contributed by atoms with E-state index in [1.165, 1.54) is 4.31 Å². The van der Waals surface area contributed by atoms with E-state index in [1.54, 1.807) is 25.1 Å². The molecule has 0 spiro atoms. The molecule has 0 saturated carbocycles. The zero-order valence-corrected chi connectivity index (χ0v) is 18.1. The van der Waals surface area contributed by atoms with E-state index < -0.39 is 10.0 Å². The molecule has 28 heavy (non-hydrogen) atoms. The molecule has 0 aliphatic heterocycles. The number of hydrogen-bond donors (Lipinski definition) is 1. The highest BCUT2D eigenvalue weighted by Crippen LogP contribution is 2.28. The number of hydrogen-bond acceptors (Lipinski definition) is 3. The SMILES string of the molecule is CCC(NC(=O)CCCN(c1cccc(Cl)c1C)S(C)(=O)=O)c1ccccc1. The van der Waals surface area contributed by atoms with Crippen LogP contribution in [0.2, 0.25) is 5.02 Å². The van der Waals surface area contributed by atoms with Crippen molar-refractivity contribution in [3.8, 4) is 0 Å². The average Bonchev–Trinajstić information content (AvgIpc) is 2.66. The number of carbonyl (C=O) groups is 1. The summed E-state index contributed by atoms with van der Waals surface area (Å²) in [6, 6.07) is 14.9. The van der Waals surface area contributed by atoms with Gasteiger partial charge in [-0.2, -0.15) is 0 Å². The number of anilines is 1. The van der Waals surface area contributed by atoms with Crippen LogP contribution in [0.15, 0.2) is 48.5 Å². The molecule has 1 amide bonds.